The van der Waals surface area contributed by atoms with E-state index < -0.39 is 0 Å². The largest absolute Gasteiger partial charge is 0.497 e. The summed E-state index contributed by atoms with van der Waals surface area (Å²) >= 11 is 0. The fourth-order valence-corrected chi connectivity index (χ4v) is 2.19. The van der Waals surface area contributed by atoms with Gasteiger partial charge in [-0.3, -0.25) is 9.78 Å². The molecular formula is C16H15N3O2. The minimum Gasteiger partial charge on any atom is -0.497 e. The summed E-state index contributed by atoms with van der Waals surface area (Å²) in [7, 11) is 1.61. The molecule has 0 aliphatic carbocycles. The number of H-pyrrole nitrogens is 1. The molecule has 0 saturated heterocycles. The summed E-state index contributed by atoms with van der Waals surface area (Å²) in [4.78, 5) is 19.3. The van der Waals surface area contributed by atoms with Crippen LogP contribution in [-0.4, -0.2) is 23.0 Å². The maximum atomic E-state index is 12.3. The van der Waals surface area contributed by atoms with Crippen LogP contribution in [0.5, 0.6) is 5.75 Å². The third kappa shape index (κ3) is 2.72. The van der Waals surface area contributed by atoms with Gasteiger partial charge in [-0.25, -0.2) is 0 Å². The first-order valence-corrected chi connectivity index (χ1v) is 6.60. The predicted octanol–water partition coefficient (Wildman–Crippen LogP) is 2.50. The zero-order valence-electron chi connectivity index (χ0n) is 11.6. The van der Waals surface area contributed by atoms with Gasteiger partial charge >= 0.3 is 0 Å². The van der Waals surface area contributed by atoms with Crippen molar-refractivity contribution in [1.82, 2.24) is 15.3 Å². The van der Waals surface area contributed by atoms with Gasteiger partial charge in [-0.15, -0.1) is 0 Å². The number of pyridine rings is 1. The molecule has 5 heteroatoms. The number of nitrogens with one attached hydrogen (secondary N) is 2. The van der Waals surface area contributed by atoms with Crippen LogP contribution in [0.15, 0.2) is 48.9 Å². The van der Waals surface area contributed by atoms with Gasteiger partial charge in [0.1, 0.15) is 5.75 Å². The topological polar surface area (TPSA) is 67.0 Å². The van der Waals surface area contributed by atoms with Crippen molar-refractivity contribution in [1.29, 1.82) is 0 Å². The predicted molar refractivity (Wildman–Crippen MR) is 80.3 cm³/mol. The van der Waals surface area contributed by atoms with Gasteiger partial charge < -0.3 is 15.0 Å². The lowest BCUT2D eigenvalue weighted by molar-refractivity contribution is 0.0952. The van der Waals surface area contributed by atoms with Crippen LogP contribution in [0.4, 0.5) is 0 Å². The molecule has 5 nitrogen and oxygen atoms in total. The highest BCUT2D eigenvalue weighted by Gasteiger charge is 2.12. The normalized spacial score (nSPS) is 10.5. The summed E-state index contributed by atoms with van der Waals surface area (Å²) in [5.74, 6) is 0.608. The van der Waals surface area contributed by atoms with Gasteiger partial charge in [0.05, 0.1) is 12.7 Å². The van der Waals surface area contributed by atoms with Crippen molar-refractivity contribution in [3.8, 4) is 5.75 Å². The molecule has 0 spiro atoms. The van der Waals surface area contributed by atoms with Crippen molar-refractivity contribution in [3.05, 3.63) is 60.0 Å². The number of aromatic amines is 1. The number of amides is 1. The zero-order valence-corrected chi connectivity index (χ0v) is 11.6. The highest BCUT2D eigenvalue weighted by Crippen LogP contribution is 2.23. The number of ether oxygens (including phenoxy) is 1. The van der Waals surface area contributed by atoms with Gasteiger partial charge in [0.15, 0.2) is 0 Å². The second-order valence-electron chi connectivity index (χ2n) is 4.65. The Bertz CT molecular complexity index is 766. The van der Waals surface area contributed by atoms with Crippen LogP contribution in [0, 0.1) is 0 Å². The highest BCUT2D eigenvalue weighted by atomic mass is 16.5. The molecule has 0 radical (unpaired) electrons. The van der Waals surface area contributed by atoms with Crippen molar-refractivity contribution in [2.75, 3.05) is 7.11 Å². The van der Waals surface area contributed by atoms with Crippen LogP contribution in [0.1, 0.15) is 15.9 Å². The van der Waals surface area contributed by atoms with E-state index in [1.165, 1.54) is 0 Å². The van der Waals surface area contributed by atoms with E-state index in [4.69, 9.17) is 4.74 Å². The van der Waals surface area contributed by atoms with E-state index in [1.54, 1.807) is 25.7 Å². The Labute approximate surface area is 122 Å². The van der Waals surface area contributed by atoms with Crippen molar-refractivity contribution in [3.63, 3.8) is 0 Å². The molecule has 0 saturated carbocycles. The summed E-state index contributed by atoms with van der Waals surface area (Å²) in [6.07, 6.45) is 5.13. The molecule has 2 N–H and O–H groups in total. The van der Waals surface area contributed by atoms with E-state index >= 15 is 0 Å². The van der Waals surface area contributed by atoms with E-state index in [0.717, 1.165) is 22.2 Å². The monoisotopic (exact) mass is 281 g/mol. The Morgan fingerprint density at radius 3 is 2.86 bits per heavy atom. The number of carbonyl (C=O) groups is 1. The van der Waals surface area contributed by atoms with Crippen molar-refractivity contribution in [2.45, 2.75) is 6.54 Å². The Hall–Kier alpha value is -2.82. The lowest BCUT2D eigenvalue weighted by atomic mass is 10.1. The van der Waals surface area contributed by atoms with Crippen LogP contribution in [0.25, 0.3) is 10.9 Å². The van der Waals surface area contributed by atoms with Gasteiger partial charge in [-0.05, 0) is 35.9 Å². The molecule has 0 aliphatic rings. The van der Waals surface area contributed by atoms with Gasteiger partial charge in [-0.1, -0.05) is 0 Å². The van der Waals surface area contributed by atoms with E-state index in [2.05, 4.69) is 15.3 Å². The number of carbonyl (C=O) groups excluding carboxylic acids is 1. The molecule has 0 unspecified atom stereocenters. The maximum absolute atomic E-state index is 12.3. The SMILES string of the molecule is COc1ccc2[nH]cc(C(=O)NCc3ccncc3)c2c1. The van der Waals surface area contributed by atoms with E-state index in [1.807, 2.05) is 30.3 Å². The number of benzene rings is 1. The van der Waals surface area contributed by atoms with Gasteiger partial charge in [-0.2, -0.15) is 0 Å². The zero-order chi connectivity index (χ0) is 14.7. The number of aromatic nitrogens is 2. The molecule has 0 aliphatic heterocycles. The first-order valence-electron chi connectivity index (χ1n) is 6.60. The van der Waals surface area contributed by atoms with E-state index in [9.17, 15) is 4.79 Å². The molecule has 1 amide bonds. The minimum atomic E-state index is -0.119. The molecule has 0 fully saturated rings. The smallest absolute Gasteiger partial charge is 0.253 e. The fourth-order valence-electron chi connectivity index (χ4n) is 2.19. The third-order valence-electron chi connectivity index (χ3n) is 3.34. The average Bonchev–Trinajstić information content (AvgIpc) is 2.96. The van der Waals surface area contributed by atoms with Crippen LogP contribution in [0.3, 0.4) is 0 Å². The average molecular weight is 281 g/mol. The van der Waals surface area contributed by atoms with Crippen molar-refractivity contribution in [2.24, 2.45) is 0 Å². The lowest BCUT2D eigenvalue weighted by Crippen LogP contribution is -2.22. The summed E-state index contributed by atoms with van der Waals surface area (Å²) in [6.45, 7) is 0.470. The van der Waals surface area contributed by atoms with E-state index in [0.29, 0.717) is 12.1 Å². The Balaban J connectivity index is 1.81. The molecule has 3 rings (SSSR count). The van der Waals surface area contributed by atoms with Gasteiger partial charge in [0.25, 0.3) is 5.91 Å². The number of rotatable bonds is 4. The summed E-state index contributed by atoms with van der Waals surface area (Å²) in [5, 5.41) is 3.75. The number of hydrogen-bond donors (Lipinski definition) is 2. The third-order valence-corrected chi connectivity index (χ3v) is 3.34. The minimum absolute atomic E-state index is 0.119. The van der Waals surface area contributed by atoms with Crippen LogP contribution in [0.2, 0.25) is 0 Å². The van der Waals surface area contributed by atoms with Crippen LogP contribution in [-0.2, 0) is 6.54 Å². The standard InChI is InChI=1S/C16H15N3O2/c1-21-12-2-3-15-13(8-12)14(10-18-15)16(20)19-9-11-4-6-17-7-5-11/h2-8,10,18H,9H2,1H3,(H,19,20). The molecule has 0 atom stereocenters. The number of fused-ring (bicyclic) bond motifs is 1. The lowest BCUT2D eigenvalue weighted by Gasteiger charge is -2.05. The van der Waals surface area contributed by atoms with Crippen molar-refractivity contribution < 1.29 is 9.53 Å². The summed E-state index contributed by atoms with van der Waals surface area (Å²) in [5.41, 5.74) is 2.53. The van der Waals surface area contributed by atoms with E-state index in [-0.39, 0.29) is 5.91 Å². The van der Waals surface area contributed by atoms with Gasteiger partial charge in [0.2, 0.25) is 0 Å². The second kappa shape index (κ2) is 5.66. The maximum Gasteiger partial charge on any atom is 0.253 e. The molecule has 21 heavy (non-hydrogen) atoms. The first-order chi connectivity index (χ1) is 10.3. The Morgan fingerprint density at radius 2 is 2.10 bits per heavy atom. The molecule has 2 heterocycles. The molecule has 0 bridgehead atoms. The van der Waals surface area contributed by atoms with Crippen LogP contribution < -0.4 is 10.1 Å². The van der Waals surface area contributed by atoms with Crippen molar-refractivity contribution >= 4 is 16.8 Å². The Morgan fingerprint density at radius 1 is 1.29 bits per heavy atom. The molecule has 106 valence electrons. The quantitative estimate of drug-likeness (QED) is 0.772. The summed E-state index contributed by atoms with van der Waals surface area (Å²) in [6, 6.07) is 9.36. The van der Waals surface area contributed by atoms with Crippen LogP contribution >= 0.6 is 0 Å². The van der Waals surface area contributed by atoms with Gasteiger partial charge in [0, 0.05) is 36.0 Å². The Kier molecular flexibility index (Phi) is 3.55. The summed E-state index contributed by atoms with van der Waals surface area (Å²) < 4.78 is 5.20. The molecular weight excluding hydrogens is 266 g/mol. The molecule has 2 aromatic heterocycles. The number of hydrogen-bond acceptors (Lipinski definition) is 3. The second-order valence-corrected chi connectivity index (χ2v) is 4.65. The number of methoxy groups -OCH3 is 1. The number of nitrogens with zero attached hydrogens (tertiary/aromatic N) is 1. The highest BCUT2D eigenvalue weighted by molar-refractivity contribution is 6.07. The molecule has 3 aromatic rings. The fraction of sp³-hybridized carbons (Fsp3) is 0.125. The first kappa shape index (κ1) is 13.2. The molecule has 1 aromatic carbocycles.